The molecule has 1 heterocycles. The van der Waals surface area contributed by atoms with Gasteiger partial charge < -0.3 is 19.9 Å². The first-order valence-corrected chi connectivity index (χ1v) is 10.3. The van der Waals surface area contributed by atoms with Crippen LogP contribution >= 0.6 is 0 Å². The first kappa shape index (κ1) is 18.6. The van der Waals surface area contributed by atoms with Crippen LogP contribution in [0.4, 0.5) is 0 Å². The van der Waals surface area contributed by atoms with Crippen molar-refractivity contribution in [1.82, 2.24) is 4.98 Å². The summed E-state index contributed by atoms with van der Waals surface area (Å²) in [6.45, 7) is 3.98. The van der Waals surface area contributed by atoms with Gasteiger partial charge in [-0.15, -0.1) is 0 Å². The summed E-state index contributed by atoms with van der Waals surface area (Å²) in [6, 6.07) is 12.4. The Kier molecular flexibility index (Phi) is 3.90. The Morgan fingerprint density at radius 3 is 2.66 bits per heavy atom. The Bertz CT molecular complexity index is 1130. The predicted molar refractivity (Wildman–Crippen MR) is 112 cm³/mol. The Morgan fingerprint density at radius 1 is 1.14 bits per heavy atom. The Hall–Kier alpha value is -2.37. The summed E-state index contributed by atoms with van der Waals surface area (Å²) in [7, 11) is 1.37. The number of aromatic amines is 1. The third kappa shape index (κ3) is 2.31. The molecule has 2 aliphatic rings. The molecule has 0 aliphatic heterocycles. The fraction of sp³-hybridized carbons (Fsp3) is 0.458. The van der Waals surface area contributed by atoms with Gasteiger partial charge in [-0.1, -0.05) is 25.1 Å². The minimum Gasteiger partial charge on any atom is -0.469 e. The van der Waals surface area contributed by atoms with Crippen LogP contribution in [0.3, 0.4) is 0 Å². The van der Waals surface area contributed by atoms with E-state index < -0.39 is 23.6 Å². The van der Waals surface area contributed by atoms with Crippen molar-refractivity contribution in [3.63, 3.8) is 0 Å². The van der Waals surface area contributed by atoms with Gasteiger partial charge in [0.15, 0.2) is 0 Å². The first-order chi connectivity index (χ1) is 13.8. The van der Waals surface area contributed by atoms with Gasteiger partial charge in [-0.2, -0.15) is 0 Å². The molecule has 5 nitrogen and oxygen atoms in total. The number of benzene rings is 2. The van der Waals surface area contributed by atoms with Crippen LogP contribution in [0, 0.1) is 11.3 Å². The van der Waals surface area contributed by atoms with E-state index in [1.54, 1.807) is 6.92 Å². The molecule has 5 heteroatoms. The summed E-state index contributed by atoms with van der Waals surface area (Å²) in [5, 5.41) is 24.2. The van der Waals surface area contributed by atoms with E-state index in [9.17, 15) is 15.0 Å². The minimum absolute atomic E-state index is 0.212. The van der Waals surface area contributed by atoms with E-state index in [1.807, 2.05) is 12.1 Å². The number of esters is 1. The maximum atomic E-state index is 12.8. The third-order valence-corrected chi connectivity index (χ3v) is 7.86. The van der Waals surface area contributed by atoms with Crippen molar-refractivity contribution in [2.45, 2.75) is 50.7 Å². The van der Waals surface area contributed by atoms with Gasteiger partial charge in [0.2, 0.25) is 0 Å². The van der Waals surface area contributed by atoms with Gasteiger partial charge in [0.1, 0.15) is 0 Å². The van der Waals surface area contributed by atoms with Crippen LogP contribution in [0.25, 0.3) is 21.8 Å². The van der Waals surface area contributed by atoms with Crippen molar-refractivity contribution in [3.05, 3.63) is 47.5 Å². The van der Waals surface area contributed by atoms with E-state index in [2.05, 4.69) is 36.2 Å². The topological polar surface area (TPSA) is 82.6 Å². The summed E-state index contributed by atoms with van der Waals surface area (Å²) in [5.41, 5.74) is 2.71. The molecule has 0 saturated heterocycles. The lowest BCUT2D eigenvalue weighted by Crippen LogP contribution is -2.59. The van der Waals surface area contributed by atoms with Gasteiger partial charge in [-0.25, -0.2) is 0 Å². The molecule has 3 N–H and O–H groups in total. The molecular weight excluding hydrogens is 366 g/mol. The van der Waals surface area contributed by atoms with Crippen LogP contribution < -0.4 is 0 Å². The molecule has 5 atom stereocenters. The highest BCUT2D eigenvalue weighted by Gasteiger charge is 2.61. The Balaban J connectivity index is 1.76. The van der Waals surface area contributed by atoms with Crippen molar-refractivity contribution >= 4 is 27.8 Å². The number of hydrogen-bond donors (Lipinski definition) is 3. The lowest BCUT2D eigenvalue weighted by Gasteiger charge is -2.56. The maximum Gasteiger partial charge on any atom is 0.314 e. The fourth-order valence-corrected chi connectivity index (χ4v) is 6.17. The van der Waals surface area contributed by atoms with E-state index in [0.29, 0.717) is 12.8 Å². The number of para-hydroxylation sites is 1. The molecule has 0 bridgehead atoms. The second-order valence-electron chi connectivity index (χ2n) is 9.21. The largest absolute Gasteiger partial charge is 0.469 e. The number of aliphatic hydroxyl groups is 2. The minimum atomic E-state index is -1.05. The Labute approximate surface area is 169 Å². The number of fused-ring (bicyclic) bond motifs is 6. The third-order valence-electron chi connectivity index (χ3n) is 7.86. The number of H-pyrrole nitrogens is 1. The highest BCUT2D eigenvalue weighted by molar-refractivity contribution is 6.07. The van der Waals surface area contributed by atoms with E-state index in [0.717, 1.165) is 39.4 Å². The Morgan fingerprint density at radius 2 is 1.90 bits per heavy atom. The monoisotopic (exact) mass is 393 g/mol. The van der Waals surface area contributed by atoms with E-state index in [-0.39, 0.29) is 11.3 Å². The molecule has 2 aromatic carbocycles. The highest BCUT2D eigenvalue weighted by atomic mass is 16.5. The standard InChI is InChI=1S/C24H27NO4/c1-23-9-8-21(27)24(2,22(28)29-3)20(23)12-19(26)15-11-18-14(10-16(15)23)13-6-4-5-7-17(13)25-18/h4-7,10-11,19-21,25-27H,8-9,12H2,1-3H3. The van der Waals surface area contributed by atoms with E-state index in [4.69, 9.17) is 4.74 Å². The van der Waals surface area contributed by atoms with Gasteiger partial charge in [0.05, 0.1) is 24.7 Å². The highest BCUT2D eigenvalue weighted by Crippen LogP contribution is 2.60. The van der Waals surface area contributed by atoms with Gasteiger partial charge in [0, 0.05) is 21.8 Å². The number of aromatic nitrogens is 1. The molecule has 29 heavy (non-hydrogen) atoms. The number of rotatable bonds is 1. The second kappa shape index (κ2) is 6.07. The van der Waals surface area contributed by atoms with E-state index in [1.165, 1.54) is 7.11 Å². The lowest BCUT2D eigenvalue weighted by molar-refractivity contribution is -0.177. The van der Waals surface area contributed by atoms with Crippen molar-refractivity contribution in [3.8, 4) is 0 Å². The first-order valence-electron chi connectivity index (χ1n) is 10.3. The van der Waals surface area contributed by atoms with Gasteiger partial charge in [0.25, 0.3) is 0 Å². The molecule has 0 radical (unpaired) electrons. The van der Waals surface area contributed by atoms with Gasteiger partial charge in [-0.3, -0.25) is 4.79 Å². The zero-order chi connectivity index (χ0) is 20.6. The summed E-state index contributed by atoms with van der Waals surface area (Å²) < 4.78 is 5.11. The number of hydrogen-bond acceptors (Lipinski definition) is 4. The smallest absolute Gasteiger partial charge is 0.314 e. The fourth-order valence-electron chi connectivity index (χ4n) is 6.17. The molecule has 2 aliphatic carbocycles. The molecular formula is C24H27NO4. The van der Waals surface area contributed by atoms with Crippen LogP contribution in [0.15, 0.2) is 36.4 Å². The molecule has 1 saturated carbocycles. The SMILES string of the molecule is COC(=O)C1(C)C(O)CCC2(C)c3cc4c(cc3C(O)CC21)[nH]c1ccccc14. The van der Waals surface area contributed by atoms with Gasteiger partial charge >= 0.3 is 5.97 Å². The second-order valence-corrected chi connectivity index (χ2v) is 9.21. The van der Waals surface area contributed by atoms with Crippen LogP contribution in [0.5, 0.6) is 0 Å². The predicted octanol–water partition coefficient (Wildman–Crippen LogP) is 3.97. The molecule has 0 spiro atoms. The van der Waals surface area contributed by atoms with Crippen LogP contribution in [-0.4, -0.2) is 34.4 Å². The molecule has 5 rings (SSSR count). The molecule has 3 aromatic rings. The van der Waals surface area contributed by atoms with Crippen molar-refractivity contribution < 1.29 is 19.7 Å². The summed E-state index contributed by atoms with van der Waals surface area (Å²) in [5.74, 6) is -0.610. The number of ether oxygens (including phenoxy) is 1. The van der Waals surface area contributed by atoms with Gasteiger partial charge in [-0.05, 0) is 66.8 Å². The molecule has 1 fully saturated rings. The molecule has 5 unspecified atom stereocenters. The number of aliphatic hydroxyl groups excluding tert-OH is 2. The van der Waals surface area contributed by atoms with Crippen molar-refractivity contribution in [1.29, 1.82) is 0 Å². The quantitative estimate of drug-likeness (QED) is 0.547. The summed E-state index contributed by atoms with van der Waals surface area (Å²) >= 11 is 0. The van der Waals surface area contributed by atoms with Crippen LogP contribution in [0.1, 0.15) is 50.3 Å². The van der Waals surface area contributed by atoms with E-state index >= 15 is 0 Å². The molecule has 0 amide bonds. The zero-order valence-corrected chi connectivity index (χ0v) is 17.0. The molecule has 152 valence electrons. The maximum absolute atomic E-state index is 12.8. The number of methoxy groups -OCH3 is 1. The van der Waals surface area contributed by atoms with Crippen LogP contribution in [-0.2, 0) is 14.9 Å². The number of carbonyl (C=O) groups excluding carboxylic acids is 1. The summed E-state index contributed by atoms with van der Waals surface area (Å²) in [4.78, 5) is 16.3. The average molecular weight is 393 g/mol. The normalized spacial score (nSPS) is 34.0. The molecule has 1 aromatic heterocycles. The average Bonchev–Trinajstić information content (AvgIpc) is 3.09. The van der Waals surface area contributed by atoms with Crippen LogP contribution in [0.2, 0.25) is 0 Å². The van der Waals surface area contributed by atoms with Crippen molar-refractivity contribution in [2.75, 3.05) is 7.11 Å². The number of carbonyl (C=O) groups is 1. The summed E-state index contributed by atoms with van der Waals surface area (Å²) in [6.07, 6.45) is 0.253. The lowest BCUT2D eigenvalue weighted by atomic mass is 9.48. The zero-order valence-electron chi connectivity index (χ0n) is 17.0. The number of nitrogens with one attached hydrogen (secondary N) is 1. The van der Waals surface area contributed by atoms with Crippen molar-refractivity contribution in [2.24, 2.45) is 11.3 Å².